The molecule has 0 saturated carbocycles. The van der Waals surface area contributed by atoms with Gasteiger partial charge in [-0.25, -0.2) is 0 Å². The Balaban J connectivity index is 3.50. The van der Waals surface area contributed by atoms with Crippen LogP contribution in [-0.2, 0) is 9.59 Å². The SMILES string of the molecule is CCC(=O)NC[C@@H](N)CC(=O)O. The summed E-state index contributed by atoms with van der Waals surface area (Å²) in [5.74, 6) is -1.07. The Kier molecular flexibility index (Phi) is 5.03. The second-order valence-electron chi connectivity index (χ2n) is 2.52. The van der Waals surface area contributed by atoms with Crippen LogP contribution < -0.4 is 11.1 Å². The zero-order valence-corrected chi connectivity index (χ0v) is 7.04. The Morgan fingerprint density at radius 3 is 2.58 bits per heavy atom. The van der Waals surface area contributed by atoms with Gasteiger partial charge < -0.3 is 16.2 Å². The summed E-state index contributed by atoms with van der Waals surface area (Å²) in [5, 5.41) is 10.8. The first-order chi connectivity index (χ1) is 5.56. The molecule has 1 amide bonds. The lowest BCUT2D eigenvalue weighted by molar-refractivity contribution is -0.137. The Hall–Kier alpha value is -1.10. The number of carbonyl (C=O) groups is 2. The average molecular weight is 174 g/mol. The minimum absolute atomic E-state index is 0.115. The molecule has 0 aromatic heterocycles. The van der Waals surface area contributed by atoms with Gasteiger partial charge in [0.25, 0.3) is 0 Å². The van der Waals surface area contributed by atoms with Gasteiger partial charge in [-0.2, -0.15) is 0 Å². The molecule has 0 aromatic carbocycles. The number of hydrogen-bond acceptors (Lipinski definition) is 3. The zero-order valence-electron chi connectivity index (χ0n) is 7.04. The van der Waals surface area contributed by atoms with E-state index in [4.69, 9.17) is 10.8 Å². The number of carbonyl (C=O) groups excluding carboxylic acids is 1. The number of hydrogen-bond donors (Lipinski definition) is 3. The van der Waals surface area contributed by atoms with Crippen LogP contribution in [0.3, 0.4) is 0 Å². The molecule has 0 rings (SSSR count). The number of nitrogens with two attached hydrogens (primary N) is 1. The Morgan fingerprint density at radius 2 is 2.17 bits per heavy atom. The standard InChI is InChI=1S/C7H14N2O3/c1-2-6(10)9-4-5(8)3-7(11)12/h5H,2-4,8H2,1H3,(H,9,10)(H,11,12)/t5-/m0/s1. The highest BCUT2D eigenvalue weighted by atomic mass is 16.4. The van der Waals surface area contributed by atoms with Crippen molar-refractivity contribution >= 4 is 11.9 Å². The van der Waals surface area contributed by atoms with E-state index >= 15 is 0 Å². The summed E-state index contributed by atoms with van der Waals surface area (Å²) in [6, 6.07) is -0.502. The average Bonchev–Trinajstić information content (AvgIpc) is 1.99. The van der Waals surface area contributed by atoms with E-state index in [-0.39, 0.29) is 18.9 Å². The van der Waals surface area contributed by atoms with Crippen LogP contribution in [0.1, 0.15) is 19.8 Å². The predicted molar refractivity (Wildman–Crippen MR) is 43.5 cm³/mol. The molecule has 0 aromatic rings. The Morgan fingerprint density at radius 1 is 1.58 bits per heavy atom. The summed E-state index contributed by atoms with van der Waals surface area (Å²) < 4.78 is 0. The molecule has 0 saturated heterocycles. The molecule has 1 atom stereocenters. The summed E-state index contributed by atoms with van der Waals surface area (Å²) in [6.07, 6.45) is 0.268. The lowest BCUT2D eigenvalue weighted by atomic mass is 10.2. The maximum absolute atomic E-state index is 10.7. The Bertz CT molecular complexity index is 170. The highest BCUT2D eigenvalue weighted by molar-refractivity contribution is 5.75. The molecule has 4 N–H and O–H groups in total. The van der Waals surface area contributed by atoms with Crippen LogP contribution in [0.15, 0.2) is 0 Å². The third-order valence-corrected chi connectivity index (χ3v) is 1.32. The minimum Gasteiger partial charge on any atom is -0.481 e. The molecule has 0 unspecified atom stereocenters. The first kappa shape index (κ1) is 10.9. The second-order valence-corrected chi connectivity index (χ2v) is 2.52. The quantitative estimate of drug-likeness (QED) is 0.514. The van der Waals surface area contributed by atoms with Gasteiger partial charge in [0.2, 0.25) is 5.91 Å². The van der Waals surface area contributed by atoms with Crippen molar-refractivity contribution in [2.45, 2.75) is 25.8 Å². The fourth-order valence-corrected chi connectivity index (χ4v) is 0.666. The first-order valence-corrected chi connectivity index (χ1v) is 3.80. The normalized spacial score (nSPS) is 12.2. The van der Waals surface area contributed by atoms with Gasteiger partial charge in [0.1, 0.15) is 0 Å². The number of nitrogens with one attached hydrogen (secondary N) is 1. The minimum atomic E-state index is -0.951. The van der Waals surface area contributed by atoms with Gasteiger partial charge in [-0.3, -0.25) is 9.59 Å². The maximum atomic E-state index is 10.7. The van der Waals surface area contributed by atoms with Crippen LogP contribution in [0.2, 0.25) is 0 Å². The maximum Gasteiger partial charge on any atom is 0.304 e. The zero-order chi connectivity index (χ0) is 9.56. The number of amides is 1. The highest BCUT2D eigenvalue weighted by Gasteiger charge is 2.08. The topological polar surface area (TPSA) is 92.4 Å². The third kappa shape index (κ3) is 5.67. The molecule has 0 bridgehead atoms. The van der Waals surface area contributed by atoms with Gasteiger partial charge in [0.05, 0.1) is 6.42 Å². The molecule has 0 aliphatic heterocycles. The predicted octanol–water partition coefficient (Wildman–Crippen LogP) is -0.685. The largest absolute Gasteiger partial charge is 0.481 e. The molecule has 0 fully saturated rings. The molecule has 12 heavy (non-hydrogen) atoms. The molecule has 5 heteroatoms. The lowest BCUT2D eigenvalue weighted by Crippen LogP contribution is -2.38. The first-order valence-electron chi connectivity index (χ1n) is 3.80. The van der Waals surface area contributed by atoms with Gasteiger partial charge in [-0.05, 0) is 0 Å². The number of carboxylic acids is 1. The van der Waals surface area contributed by atoms with Crippen molar-refractivity contribution in [3.8, 4) is 0 Å². The van der Waals surface area contributed by atoms with E-state index in [0.29, 0.717) is 6.42 Å². The van der Waals surface area contributed by atoms with E-state index in [1.54, 1.807) is 6.92 Å². The Labute approximate surface area is 70.9 Å². The van der Waals surface area contributed by atoms with Gasteiger partial charge in [-0.15, -0.1) is 0 Å². The summed E-state index contributed by atoms with van der Waals surface area (Å²) in [6.45, 7) is 1.94. The lowest BCUT2D eigenvalue weighted by Gasteiger charge is -2.09. The monoisotopic (exact) mass is 174 g/mol. The van der Waals surface area contributed by atoms with Crippen LogP contribution in [0.5, 0.6) is 0 Å². The van der Waals surface area contributed by atoms with Crippen LogP contribution in [0, 0.1) is 0 Å². The smallest absolute Gasteiger partial charge is 0.304 e. The van der Waals surface area contributed by atoms with Crippen molar-refractivity contribution in [2.75, 3.05) is 6.54 Å². The van der Waals surface area contributed by atoms with Crippen molar-refractivity contribution < 1.29 is 14.7 Å². The summed E-state index contributed by atoms with van der Waals surface area (Å²) in [7, 11) is 0. The molecular weight excluding hydrogens is 160 g/mol. The molecule has 5 nitrogen and oxygen atoms in total. The molecule has 0 radical (unpaired) electrons. The summed E-state index contributed by atoms with van der Waals surface area (Å²) >= 11 is 0. The number of carboxylic acid groups (broad SMARTS) is 1. The van der Waals surface area contributed by atoms with Gasteiger partial charge in [0, 0.05) is 19.0 Å². The van der Waals surface area contributed by atoms with Gasteiger partial charge in [0.15, 0.2) is 0 Å². The van der Waals surface area contributed by atoms with E-state index < -0.39 is 12.0 Å². The number of aliphatic carboxylic acids is 1. The van der Waals surface area contributed by atoms with Crippen molar-refractivity contribution in [3.63, 3.8) is 0 Å². The highest BCUT2D eigenvalue weighted by Crippen LogP contribution is 1.86. The number of rotatable bonds is 5. The molecular formula is C7H14N2O3. The van der Waals surface area contributed by atoms with Crippen molar-refractivity contribution in [3.05, 3.63) is 0 Å². The molecule has 70 valence electrons. The van der Waals surface area contributed by atoms with Crippen molar-refractivity contribution in [1.82, 2.24) is 5.32 Å². The molecule has 0 aliphatic carbocycles. The van der Waals surface area contributed by atoms with Crippen LogP contribution in [0.4, 0.5) is 0 Å². The van der Waals surface area contributed by atoms with Gasteiger partial charge in [-0.1, -0.05) is 6.92 Å². The molecule has 0 spiro atoms. The van der Waals surface area contributed by atoms with E-state index in [9.17, 15) is 9.59 Å². The fraction of sp³-hybridized carbons (Fsp3) is 0.714. The van der Waals surface area contributed by atoms with E-state index in [2.05, 4.69) is 5.32 Å². The van der Waals surface area contributed by atoms with E-state index in [1.165, 1.54) is 0 Å². The third-order valence-electron chi connectivity index (χ3n) is 1.32. The van der Waals surface area contributed by atoms with Crippen molar-refractivity contribution in [1.29, 1.82) is 0 Å². The van der Waals surface area contributed by atoms with E-state index in [0.717, 1.165) is 0 Å². The van der Waals surface area contributed by atoms with Crippen LogP contribution in [-0.4, -0.2) is 29.6 Å². The molecule has 0 heterocycles. The fourth-order valence-electron chi connectivity index (χ4n) is 0.666. The van der Waals surface area contributed by atoms with E-state index in [1.807, 2.05) is 0 Å². The van der Waals surface area contributed by atoms with Crippen molar-refractivity contribution in [2.24, 2.45) is 5.73 Å². The van der Waals surface area contributed by atoms with Gasteiger partial charge >= 0.3 is 5.97 Å². The summed E-state index contributed by atoms with van der Waals surface area (Å²) in [5.41, 5.74) is 5.38. The second kappa shape index (κ2) is 5.54. The summed E-state index contributed by atoms with van der Waals surface area (Å²) in [4.78, 5) is 20.8. The molecule has 0 aliphatic rings. The van der Waals surface area contributed by atoms with Crippen LogP contribution >= 0.6 is 0 Å². The van der Waals surface area contributed by atoms with Crippen LogP contribution in [0.25, 0.3) is 0 Å².